The molecule has 2 aromatic carbocycles. The van der Waals surface area contributed by atoms with E-state index in [-0.39, 0.29) is 11.1 Å². The highest BCUT2D eigenvalue weighted by atomic mass is 16.1. The van der Waals surface area contributed by atoms with Crippen molar-refractivity contribution >= 4 is 27.6 Å². The Bertz CT molecular complexity index is 1190. The number of nitrogens with zero attached hydrogens (tertiary/aromatic N) is 3. The lowest BCUT2D eigenvalue weighted by Crippen LogP contribution is -2.21. The van der Waals surface area contributed by atoms with Crippen molar-refractivity contribution in [3.8, 4) is 11.8 Å². The fourth-order valence-electron chi connectivity index (χ4n) is 3.16. The van der Waals surface area contributed by atoms with E-state index < -0.39 is 0 Å². The van der Waals surface area contributed by atoms with Gasteiger partial charge in [-0.15, -0.1) is 0 Å². The van der Waals surface area contributed by atoms with Gasteiger partial charge in [0.1, 0.15) is 11.6 Å². The number of pyridine rings is 1. The molecule has 2 heterocycles. The first-order valence-corrected chi connectivity index (χ1v) is 7.51. The zero-order valence-corrected chi connectivity index (χ0v) is 13.0. The minimum Gasteiger partial charge on any atom is -0.399 e. The molecule has 0 amide bonds. The molecule has 0 radical (unpaired) electrons. The Morgan fingerprint density at radius 3 is 2.46 bits per heavy atom. The van der Waals surface area contributed by atoms with Gasteiger partial charge in [-0.1, -0.05) is 18.2 Å². The van der Waals surface area contributed by atoms with E-state index in [1.54, 1.807) is 34.9 Å². The Morgan fingerprint density at radius 2 is 1.75 bits per heavy atom. The van der Waals surface area contributed by atoms with Gasteiger partial charge in [-0.3, -0.25) is 9.36 Å². The molecule has 5 nitrogen and oxygen atoms in total. The standard InChI is InChI=1S/C19H14N4O/c1-22-16-5-3-2-4-15(16)18-17(22)10-12(11-20)19(24)23(18)14-8-6-13(21)7-9-14/h2-10H,21H2,1H3. The average molecular weight is 314 g/mol. The molecule has 0 aliphatic carbocycles. The van der Waals surface area contributed by atoms with Gasteiger partial charge in [-0.05, 0) is 36.4 Å². The summed E-state index contributed by atoms with van der Waals surface area (Å²) in [5.74, 6) is 0. The van der Waals surface area contributed by atoms with E-state index in [0.29, 0.717) is 11.4 Å². The maximum absolute atomic E-state index is 12.9. The highest BCUT2D eigenvalue weighted by Gasteiger charge is 2.17. The quantitative estimate of drug-likeness (QED) is 0.549. The maximum atomic E-state index is 12.9. The lowest BCUT2D eigenvalue weighted by Gasteiger charge is -2.10. The van der Waals surface area contributed by atoms with Crippen LogP contribution in [0.4, 0.5) is 5.69 Å². The van der Waals surface area contributed by atoms with Gasteiger partial charge >= 0.3 is 0 Å². The van der Waals surface area contributed by atoms with Crippen LogP contribution in [-0.2, 0) is 7.05 Å². The van der Waals surface area contributed by atoms with Gasteiger partial charge in [0, 0.05) is 23.8 Å². The number of nitrogen functional groups attached to an aromatic ring is 1. The van der Waals surface area contributed by atoms with Crippen LogP contribution in [0.1, 0.15) is 5.56 Å². The smallest absolute Gasteiger partial charge is 0.273 e. The van der Waals surface area contributed by atoms with Crippen LogP contribution in [0.2, 0.25) is 0 Å². The van der Waals surface area contributed by atoms with Crippen molar-refractivity contribution in [2.24, 2.45) is 7.05 Å². The van der Waals surface area contributed by atoms with Crippen LogP contribution in [-0.4, -0.2) is 9.13 Å². The number of nitrogens with two attached hydrogens (primary N) is 1. The van der Waals surface area contributed by atoms with Crippen molar-refractivity contribution in [3.63, 3.8) is 0 Å². The summed E-state index contributed by atoms with van der Waals surface area (Å²) in [6, 6.07) is 18.6. The summed E-state index contributed by atoms with van der Waals surface area (Å²) in [5.41, 5.74) is 9.50. The maximum Gasteiger partial charge on any atom is 0.273 e. The van der Waals surface area contributed by atoms with E-state index in [4.69, 9.17) is 5.73 Å². The molecule has 0 fully saturated rings. The van der Waals surface area contributed by atoms with Crippen LogP contribution in [0.15, 0.2) is 59.4 Å². The van der Waals surface area contributed by atoms with Gasteiger partial charge in [0.2, 0.25) is 0 Å². The van der Waals surface area contributed by atoms with E-state index >= 15 is 0 Å². The molecule has 2 N–H and O–H groups in total. The summed E-state index contributed by atoms with van der Waals surface area (Å²) in [6.07, 6.45) is 0. The van der Waals surface area contributed by atoms with Crippen LogP contribution < -0.4 is 11.3 Å². The molecular weight excluding hydrogens is 300 g/mol. The first-order chi connectivity index (χ1) is 11.6. The van der Waals surface area contributed by atoms with Crippen molar-refractivity contribution in [3.05, 3.63) is 70.5 Å². The highest BCUT2D eigenvalue weighted by Crippen LogP contribution is 2.29. The summed E-state index contributed by atoms with van der Waals surface area (Å²) in [7, 11) is 1.93. The molecule has 0 spiro atoms. The van der Waals surface area contributed by atoms with E-state index in [1.165, 1.54) is 0 Å². The van der Waals surface area contributed by atoms with Crippen LogP contribution in [0, 0.1) is 11.3 Å². The van der Waals surface area contributed by atoms with Crippen molar-refractivity contribution in [2.45, 2.75) is 0 Å². The number of benzene rings is 2. The average Bonchev–Trinajstić information content (AvgIpc) is 2.88. The highest BCUT2D eigenvalue weighted by molar-refractivity contribution is 6.06. The van der Waals surface area contributed by atoms with Gasteiger partial charge in [0.25, 0.3) is 5.56 Å². The van der Waals surface area contributed by atoms with Gasteiger partial charge in [0.05, 0.1) is 16.6 Å². The topological polar surface area (TPSA) is 76.7 Å². The Kier molecular flexibility index (Phi) is 2.94. The van der Waals surface area contributed by atoms with Crippen LogP contribution >= 0.6 is 0 Å². The second kappa shape index (κ2) is 5.00. The molecular formula is C19H14N4O. The number of hydrogen-bond acceptors (Lipinski definition) is 3. The molecule has 0 aliphatic heterocycles. The Morgan fingerprint density at radius 1 is 1.04 bits per heavy atom. The van der Waals surface area contributed by atoms with Gasteiger partial charge in [-0.2, -0.15) is 5.26 Å². The second-order valence-electron chi connectivity index (χ2n) is 5.71. The number of nitriles is 1. The zero-order valence-electron chi connectivity index (χ0n) is 13.0. The van der Waals surface area contributed by atoms with Crippen molar-refractivity contribution < 1.29 is 0 Å². The Labute approximate surface area is 137 Å². The third-order valence-corrected chi connectivity index (χ3v) is 4.33. The van der Waals surface area contributed by atoms with E-state index in [2.05, 4.69) is 0 Å². The lowest BCUT2D eigenvalue weighted by molar-refractivity contribution is 0.991. The molecule has 0 unspecified atom stereocenters. The molecule has 0 bridgehead atoms. The molecule has 0 aliphatic rings. The van der Waals surface area contributed by atoms with Crippen molar-refractivity contribution in [1.29, 1.82) is 5.26 Å². The normalized spacial score (nSPS) is 11.0. The molecule has 24 heavy (non-hydrogen) atoms. The van der Waals surface area contributed by atoms with Gasteiger partial charge in [-0.25, -0.2) is 0 Å². The number of rotatable bonds is 1. The van der Waals surface area contributed by atoms with Gasteiger partial charge < -0.3 is 10.3 Å². The predicted molar refractivity (Wildman–Crippen MR) is 95.1 cm³/mol. The number of anilines is 1. The minimum atomic E-state index is -0.328. The lowest BCUT2D eigenvalue weighted by atomic mass is 10.2. The zero-order chi connectivity index (χ0) is 16.8. The van der Waals surface area contributed by atoms with Gasteiger partial charge in [0.15, 0.2) is 0 Å². The molecule has 0 atom stereocenters. The second-order valence-corrected chi connectivity index (χ2v) is 5.71. The molecule has 5 heteroatoms. The number of aryl methyl sites for hydroxylation is 1. The molecule has 116 valence electrons. The summed E-state index contributed by atoms with van der Waals surface area (Å²) in [4.78, 5) is 12.9. The third kappa shape index (κ3) is 1.83. The van der Waals surface area contributed by atoms with Crippen molar-refractivity contribution in [1.82, 2.24) is 9.13 Å². The largest absolute Gasteiger partial charge is 0.399 e. The van der Waals surface area contributed by atoms with E-state index in [1.807, 2.05) is 41.9 Å². The SMILES string of the molecule is Cn1c2ccccc2c2c1cc(C#N)c(=O)n2-c1ccc(N)cc1. The van der Waals surface area contributed by atoms with Crippen LogP contribution in [0.3, 0.4) is 0 Å². The molecule has 2 aromatic heterocycles. The Hall–Kier alpha value is -3.52. The van der Waals surface area contributed by atoms with Crippen LogP contribution in [0.5, 0.6) is 0 Å². The first kappa shape index (κ1) is 14.1. The fourth-order valence-corrected chi connectivity index (χ4v) is 3.16. The molecule has 0 saturated heterocycles. The molecule has 4 aromatic rings. The summed E-state index contributed by atoms with van der Waals surface area (Å²) in [6.45, 7) is 0. The third-order valence-electron chi connectivity index (χ3n) is 4.33. The monoisotopic (exact) mass is 314 g/mol. The number of fused-ring (bicyclic) bond motifs is 3. The predicted octanol–water partition coefficient (Wildman–Crippen LogP) is 2.94. The summed E-state index contributed by atoms with van der Waals surface area (Å²) >= 11 is 0. The number of hydrogen-bond donors (Lipinski definition) is 1. The molecule has 4 rings (SSSR count). The van der Waals surface area contributed by atoms with E-state index in [0.717, 1.165) is 21.9 Å². The van der Waals surface area contributed by atoms with Crippen LogP contribution in [0.25, 0.3) is 27.6 Å². The molecule has 0 saturated carbocycles. The minimum absolute atomic E-state index is 0.116. The van der Waals surface area contributed by atoms with Crippen molar-refractivity contribution in [2.75, 3.05) is 5.73 Å². The summed E-state index contributed by atoms with van der Waals surface area (Å²) < 4.78 is 3.59. The first-order valence-electron chi connectivity index (χ1n) is 7.51. The number of aromatic nitrogens is 2. The fraction of sp³-hybridized carbons (Fsp3) is 0.0526. The van der Waals surface area contributed by atoms with E-state index in [9.17, 15) is 10.1 Å². The summed E-state index contributed by atoms with van der Waals surface area (Å²) in [5, 5.41) is 10.3. The Balaban J connectivity index is 2.28. The number of para-hydroxylation sites is 1.